The van der Waals surface area contributed by atoms with Gasteiger partial charge in [-0.3, -0.25) is 0 Å². The molecule has 2 aromatic heterocycles. The van der Waals surface area contributed by atoms with E-state index in [1.54, 1.807) is 0 Å². The van der Waals surface area contributed by atoms with Crippen LogP contribution in [0, 0.1) is 6.92 Å². The Morgan fingerprint density at radius 3 is 2.41 bits per heavy atom. The molecule has 1 saturated heterocycles. The lowest BCUT2D eigenvalue weighted by Gasteiger charge is -2.36. The van der Waals surface area contributed by atoms with Gasteiger partial charge in [-0.25, -0.2) is 9.97 Å². The molecule has 22 heavy (non-hydrogen) atoms. The van der Waals surface area contributed by atoms with E-state index < -0.39 is 0 Å². The number of fused-ring (bicyclic) bond motifs is 1. The molecule has 4 rings (SSSR count). The quantitative estimate of drug-likeness (QED) is 0.727. The predicted octanol–water partition coefficient (Wildman–Crippen LogP) is 2.36. The summed E-state index contributed by atoms with van der Waals surface area (Å²) in [6.07, 6.45) is 7.57. The van der Waals surface area contributed by atoms with Gasteiger partial charge < -0.3 is 14.2 Å². The summed E-state index contributed by atoms with van der Waals surface area (Å²) in [5, 5.41) is 0. The number of hydrogen-bond donors (Lipinski definition) is 0. The molecule has 3 aromatic rings. The molecule has 0 bridgehead atoms. The van der Waals surface area contributed by atoms with Crippen LogP contribution in [0.5, 0.6) is 0 Å². The molecular weight excluding hydrogens is 274 g/mol. The number of piperazine rings is 1. The van der Waals surface area contributed by atoms with Gasteiger partial charge in [0, 0.05) is 56.7 Å². The van der Waals surface area contributed by atoms with E-state index in [1.807, 2.05) is 29.2 Å². The molecule has 5 nitrogen and oxygen atoms in total. The van der Waals surface area contributed by atoms with Gasteiger partial charge in [0.15, 0.2) is 11.5 Å². The highest BCUT2D eigenvalue weighted by Crippen LogP contribution is 2.22. The fourth-order valence-electron chi connectivity index (χ4n) is 3.06. The molecule has 0 atom stereocenters. The Bertz CT molecular complexity index is 786. The number of aryl methyl sites for hydroxylation is 1. The summed E-state index contributed by atoms with van der Waals surface area (Å²) >= 11 is 0. The molecule has 0 saturated carbocycles. The van der Waals surface area contributed by atoms with Crippen molar-refractivity contribution in [3.8, 4) is 0 Å². The minimum Gasteiger partial charge on any atom is -0.368 e. The summed E-state index contributed by atoms with van der Waals surface area (Å²) in [6.45, 7) is 6.09. The van der Waals surface area contributed by atoms with Crippen molar-refractivity contribution in [3.05, 3.63) is 54.6 Å². The average Bonchev–Trinajstić information content (AvgIpc) is 3.04. The van der Waals surface area contributed by atoms with E-state index in [0.29, 0.717) is 0 Å². The molecule has 1 fully saturated rings. The van der Waals surface area contributed by atoms with Gasteiger partial charge in [-0.2, -0.15) is 0 Å². The van der Waals surface area contributed by atoms with E-state index in [1.165, 1.54) is 11.3 Å². The van der Waals surface area contributed by atoms with E-state index in [-0.39, 0.29) is 0 Å². The zero-order valence-electron chi connectivity index (χ0n) is 12.7. The molecule has 0 N–H and O–H groups in total. The second kappa shape index (κ2) is 5.33. The molecular formula is C17H19N5. The molecule has 0 unspecified atom stereocenters. The Morgan fingerprint density at radius 1 is 0.909 bits per heavy atom. The molecule has 0 radical (unpaired) electrons. The Kier molecular flexibility index (Phi) is 3.18. The van der Waals surface area contributed by atoms with E-state index in [4.69, 9.17) is 0 Å². The first kappa shape index (κ1) is 13.1. The SMILES string of the molecule is Cc1cccc(N2CCN(c3nccn4ccnc34)CC2)c1. The van der Waals surface area contributed by atoms with Crippen LogP contribution >= 0.6 is 0 Å². The van der Waals surface area contributed by atoms with E-state index in [0.717, 1.165) is 37.6 Å². The van der Waals surface area contributed by atoms with Crippen LogP contribution in [0.4, 0.5) is 11.5 Å². The van der Waals surface area contributed by atoms with Crippen LogP contribution in [0.3, 0.4) is 0 Å². The first-order chi connectivity index (χ1) is 10.8. The molecule has 1 aliphatic heterocycles. The lowest BCUT2D eigenvalue weighted by molar-refractivity contribution is 0.647. The van der Waals surface area contributed by atoms with Gasteiger partial charge >= 0.3 is 0 Å². The van der Waals surface area contributed by atoms with Gasteiger partial charge in [-0.1, -0.05) is 12.1 Å². The van der Waals surface area contributed by atoms with Crippen molar-refractivity contribution in [3.63, 3.8) is 0 Å². The van der Waals surface area contributed by atoms with Crippen LogP contribution < -0.4 is 9.80 Å². The number of nitrogens with zero attached hydrogens (tertiary/aromatic N) is 5. The molecule has 3 heterocycles. The number of imidazole rings is 1. The zero-order chi connectivity index (χ0) is 14.9. The first-order valence-electron chi connectivity index (χ1n) is 7.65. The highest BCUT2D eigenvalue weighted by atomic mass is 15.3. The summed E-state index contributed by atoms with van der Waals surface area (Å²) in [4.78, 5) is 13.7. The summed E-state index contributed by atoms with van der Waals surface area (Å²) in [5.41, 5.74) is 3.56. The third kappa shape index (κ3) is 2.28. The van der Waals surface area contributed by atoms with E-state index in [2.05, 4.69) is 51.0 Å². The minimum atomic E-state index is 0.937. The summed E-state index contributed by atoms with van der Waals surface area (Å²) in [5.74, 6) is 0.983. The van der Waals surface area contributed by atoms with Gasteiger partial charge in [0.1, 0.15) is 0 Å². The number of rotatable bonds is 2. The first-order valence-corrected chi connectivity index (χ1v) is 7.65. The number of aromatic nitrogens is 3. The van der Waals surface area contributed by atoms with Crippen molar-refractivity contribution < 1.29 is 0 Å². The number of anilines is 2. The molecule has 112 valence electrons. The largest absolute Gasteiger partial charge is 0.368 e. The van der Waals surface area contributed by atoms with Crippen LogP contribution in [0.25, 0.3) is 5.65 Å². The maximum atomic E-state index is 4.54. The lowest BCUT2D eigenvalue weighted by atomic mass is 10.2. The molecule has 1 aliphatic rings. The maximum absolute atomic E-state index is 4.54. The molecule has 5 heteroatoms. The van der Waals surface area contributed by atoms with E-state index >= 15 is 0 Å². The van der Waals surface area contributed by atoms with Gasteiger partial charge in [0.2, 0.25) is 0 Å². The summed E-state index contributed by atoms with van der Waals surface area (Å²) in [7, 11) is 0. The van der Waals surface area contributed by atoms with E-state index in [9.17, 15) is 0 Å². The van der Waals surface area contributed by atoms with Crippen molar-refractivity contribution in [2.24, 2.45) is 0 Å². The third-order valence-electron chi connectivity index (χ3n) is 4.24. The minimum absolute atomic E-state index is 0.937. The Balaban J connectivity index is 1.53. The second-order valence-corrected chi connectivity index (χ2v) is 5.72. The molecule has 0 spiro atoms. The second-order valence-electron chi connectivity index (χ2n) is 5.72. The fourth-order valence-corrected chi connectivity index (χ4v) is 3.06. The normalized spacial score (nSPS) is 15.5. The van der Waals surface area contributed by atoms with Crippen molar-refractivity contribution in [1.29, 1.82) is 0 Å². The van der Waals surface area contributed by atoms with Crippen LogP contribution in [0.15, 0.2) is 49.1 Å². The molecule has 0 aliphatic carbocycles. The number of benzene rings is 1. The Hall–Kier alpha value is -2.56. The van der Waals surface area contributed by atoms with Gasteiger partial charge in [-0.15, -0.1) is 0 Å². The van der Waals surface area contributed by atoms with Gasteiger partial charge in [0.05, 0.1) is 0 Å². The van der Waals surface area contributed by atoms with Gasteiger partial charge in [0.25, 0.3) is 0 Å². The van der Waals surface area contributed by atoms with Crippen LogP contribution in [-0.4, -0.2) is 40.5 Å². The van der Waals surface area contributed by atoms with Gasteiger partial charge in [-0.05, 0) is 24.6 Å². The Morgan fingerprint density at radius 2 is 1.64 bits per heavy atom. The van der Waals surface area contributed by atoms with Crippen molar-refractivity contribution in [2.75, 3.05) is 36.0 Å². The fraction of sp³-hybridized carbons (Fsp3) is 0.294. The topological polar surface area (TPSA) is 36.7 Å². The third-order valence-corrected chi connectivity index (χ3v) is 4.24. The molecule has 1 aromatic carbocycles. The highest BCUT2D eigenvalue weighted by Gasteiger charge is 2.20. The smallest absolute Gasteiger partial charge is 0.180 e. The monoisotopic (exact) mass is 293 g/mol. The standard InChI is InChI=1S/C17H19N5/c1-14-3-2-4-15(13-14)20-9-11-22(12-10-20)17-16-18-5-7-21(16)8-6-19-17/h2-8,13H,9-12H2,1H3. The maximum Gasteiger partial charge on any atom is 0.180 e. The van der Waals surface area contributed by atoms with Crippen LogP contribution in [-0.2, 0) is 0 Å². The van der Waals surface area contributed by atoms with Crippen LogP contribution in [0.2, 0.25) is 0 Å². The number of hydrogen-bond acceptors (Lipinski definition) is 4. The van der Waals surface area contributed by atoms with Crippen molar-refractivity contribution in [1.82, 2.24) is 14.4 Å². The molecule has 0 amide bonds. The zero-order valence-corrected chi connectivity index (χ0v) is 12.7. The Labute approximate surface area is 129 Å². The van der Waals surface area contributed by atoms with Crippen molar-refractivity contribution >= 4 is 17.2 Å². The summed E-state index contributed by atoms with van der Waals surface area (Å²) in [6, 6.07) is 8.71. The average molecular weight is 293 g/mol. The van der Waals surface area contributed by atoms with Crippen molar-refractivity contribution in [2.45, 2.75) is 6.92 Å². The highest BCUT2D eigenvalue weighted by molar-refractivity contribution is 5.64. The summed E-state index contributed by atoms with van der Waals surface area (Å²) < 4.78 is 2.02. The lowest BCUT2D eigenvalue weighted by Crippen LogP contribution is -2.47. The predicted molar refractivity (Wildman–Crippen MR) is 88.6 cm³/mol. The van der Waals surface area contributed by atoms with Crippen LogP contribution in [0.1, 0.15) is 5.56 Å².